The number of unbranched alkanes of at least 4 members (excludes halogenated alkanes) is 2. The van der Waals surface area contributed by atoms with Crippen LogP contribution in [0.25, 0.3) is 0 Å². The Hall–Kier alpha value is -1.11. The van der Waals surface area contributed by atoms with E-state index in [0.717, 1.165) is 19.3 Å². The molecule has 4 N–H and O–H groups in total. The second kappa shape index (κ2) is 17.0. The van der Waals surface area contributed by atoms with Gasteiger partial charge in [0.25, 0.3) is 7.52 Å². The van der Waals surface area contributed by atoms with E-state index in [9.17, 15) is 9.36 Å². The Bertz CT molecular complexity index is 448. The summed E-state index contributed by atoms with van der Waals surface area (Å²) in [6, 6.07) is 0. The van der Waals surface area contributed by atoms with Crippen LogP contribution in [0.15, 0.2) is 4.99 Å². The molecule has 1 unspecified atom stereocenters. The Labute approximate surface area is 166 Å². The first-order chi connectivity index (χ1) is 12.9. The summed E-state index contributed by atoms with van der Waals surface area (Å²) in [7, 11) is -2.70. The van der Waals surface area contributed by atoms with Crippen LogP contribution in [0.2, 0.25) is 0 Å². The van der Waals surface area contributed by atoms with Crippen molar-refractivity contribution in [2.24, 2.45) is 16.5 Å². The minimum atomic E-state index is -2.70. The molecule has 0 aromatic carbocycles. The molecule has 1 aliphatic heterocycles. The number of amides is 1. The van der Waals surface area contributed by atoms with Crippen molar-refractivity contribution in [1.82, 2.24) is 9.57 Å². The highest BCUT2D eigenvalue weighted by atomic mass is 31.2. The third-order valence-corrected chi connectivity index (χ3v) is 6.00. The monoisotopic (exact) mass is 407 g/mol. The van der Waals surface area contributed by atoms with Gasteiger partial charge in [0.15, 0.2) is 5.96 Å². The standard InChI is InChI=1S/C14H30N5O3P.2C2H6/c1-3-22-23(2,21)19-11-9-18(10-12-19)13(20)7-5-4-6-8-17-14(15)16;2*1-2/h3-12H2,1-2H3,(H4,15,16,17);2*1-2H3. The van der Waals surface area contributed by atoms with Crippen LogP contribution in [0.3, 0.4) is 0 Å². The molecule has 8 nitrogen and oxygen atoms in total. The zero-order chi connectivity index (χ0) is 21.3. The highest BCUT2D eigenvalue weighted by Gasteiger charge is 2.30. The van der Waals surface area contributed by atoms with Gasteiger partial charge in [0.1, 0.15) is 0 Å². The average Bonchev–Trinajstić information content (AvgIpc) is 2.67. The van der Waals surface area contributed by atoms with Gasteiger partial charge >= 0.3 is 0 Å². The Kier molecular flexibility index (Phi) is 17.7. The van der Waals surface area contributed by atoms with Crippen LogP contribution in [0, 0.1) is 0 Å². The van der Waals surface area contributed by atoms with Crippen LogP contribution < -0.4 is 11.5 Å². The first-order valence-corrected chi connectivity index (χ1v) is 12.2. The molecule has 1 saturated heterocycles. The fourth-order valence-corrected chi connectivity index (χ4v) is 4.11. The van der Waals surface area contributed by atoms with E-state index in [2.05, 4.69) is 4.99 Å². The van der Waals surface area contributed by atoms with E-state index < -0.39 is 7.52 Å². The lowest BCUT2D eigenvalue weighted by atomic mass is 10.1. The second-order valence-corrected chi connectivity index (χ2v) is 8.10. The third kappa shape index (κ3) is 12.8. The maximum atomic E-state index is 12.3. The maximum absolute atomic E-state index is 12.3. The number of nitrogens with two attached hydrogens (primary N) is 2. The summed E-state index contributed by atoms with van der Waals surface area (Å²) in [5.74, 6) is 0.271. The summed E-state index contributed by atoms with van der Waals surface area (Å²) < 4.78 is 19.5. The van der Waals surface area contributed by atoms with E-state index in [-0.39, 0.29) is 11.9 Å². The molecule has 0 aromatic heterocycles. The summed E-state index contributed by atoms with van der Waals surface area (Å²) in [6.45, 7) is 14.9. The number of nitrogens with zero attached hydrogens (tertiary/aromatic N) is 3. The third-order valence-electron chi connectivity index (χ3n) is 3.83. The minimum absolute atomic E-state index is 0.110. The number of rotatable bonds is 9. The largest absolute Gasteiger partial charge is 0.370 e. The molecule has 0 spiro atoms. The van der Waals surface area contributed by atoms with Gasteiger partial charge in [-0.3, -0.25) is 14.4 Å². The SMILES string of the molecule is CC.CC.CCOP(C)(=O)N1CCN(C(=O)CCCCCN=C(N)N)CC1. The van der Waals surface area contributed by atoms with E-state index >= 15 is 0 Å². The maximum Gasteiger partial charge on any atom is 0.269 e. The van der Waals surface area contributed by atoms with Crippen molar-refractivity contribution in [2.75, 3.05) is 46.0 Å². The molecule has 1 heterocycles. The molecule has 0 radical (unpaired) electrons. The van der Waals surface area contributed by atoms with Gasteiger partial charge in [-0.2, -0.15) is 0 Å². The first kappa shape index (κ1) is 28.1. The average molecular weight is 408 g/mol. The van der Waals surface area contributed by atoms with Crippen LogP contribution >= 0.6 is 7.52 Å². The van der Waals surface area contributed by atoms with Gasteiger partial charge in [-0.05, 0) is 19.8 Å². The molecule has 1 fully saturated rings. The fourth-order valence-electron chi connectivity index (χ4n) is 2.56. The van der Waals surface area contributed by atoms with E-state index in [1.54, 1.807) is 6.66 Å². The highest BCUT2D eigenvalue weighted by Crippen LogP contribution is 2.46. The molecular weight excluding hydrogens is 365 g/mol. The molecule has 1 atom stereocenters. The zero-order valence-electron chi connectivity index (χ0n) is 18.2. The Morgan fingerprint density at radius 1 is 1.04 bits per heavy atom. The normalized spacial score (nSPS) is 16.1. The molecule has 27 heavy (non-hydrogen) atoms. The van der Waals surface area contributed by atoms with Gasteiger partial charge in [0, 0.05) is 45.8 Å². The van der Waals surface area contributed by atoms with E-state index in [1.165, 1.54) is 0 Å². The topological polar surface area (TPSA) is 114 Å². The quantitative estimate of drug-likeness (QED) is 0.263. The summed E-state index contributed by atoms with van der Waals surface area (Å²) in [6.07, 6.45) is 3.19. The predicted molar refractivity (Wildman–Crippen MR) is 115 cm³/mol. The molecule has 0 bridgehead atoms. The number of carbonyl (C=O) groups is 1. The minimum Gasteiger partial charge on any atom is -0.370 e. The van der Waals surface area contributed by atoms with E-state index in [1.807, 2.05) is 44.2 Å². The Morgan fingerprint density at radius 2 is 1.59 bits per heavy atom. The van der Waals surface area contributed by atoms with Gasteiger partial charge in [0.2, 0.25) is 5.91 Å². The second-order valence-electron chi connectivity index (χ2n) is 5.67. The number of guanidine groups is 1. The van der Waals surface area contributed by atoms with Crippen molar-refractivity contribution in [1.29, 1.82) is 0 Å². The molecule has 1 aliphatic rings. The number of carbonyl (C=O) groups excluding carboxylic acids is 1. The molecular formula is C18H42N5O3P. The summed E-state index contributed by atoms with van der Waals surface area (Å²) in [5, 5.41) is 0. The predicted octanol–water partition coefficient (Wildman–Crippen LogP) is 2.88. The van der Waals surface area contributed by atoms with E-state index in [4.69, 9.17) is 16.0 Å². The van der Waals surface area contributed by atoms with Gasteiger partial charge in [-0.1, -0.05) is 34.1 Å². The zero-order valence-corrected chi connectivity index (χ0v) is 19.1. The smallest absolute Gasteiger partial charge is 0.269 e. The molecule has 0 aromatic rings. The molecule has 1 rings (SSSR count). The van der Waals surface area contributed by atoms with Crippen molar-refractivity contribution >= 4 is 19.4 Å². The molecule has 1 amide bonds. The number of piperazine rings is 1. The van der Waals surface area contributed by atoms with Gasteiger partial charge in [-0.15, -0.1) is 0 Å². The summed E-state index contributed by atoms with van der Waals surface area (Å²) in [5.41, 5.74) is 10.5. The molecule has 0 saturated carbocycles. The number of aliphatic imine (C=N–C) groups is 1. The number of hydrogen-bond acceptors (Lipinski definition) is 4. The van der Waals surface area contributed by atoms with Crippen molar-refractivity contribution in [2.45, 2.75) is 60.3 Å². The van der Waals surface area contributed by atoms with Crippen LogP contribution in [-0.4, -0.2) is 67.4 Å². The van der Waals surface area contributed by atoms with Crippen molar-refractivity contribution < 1.29 is 13.9 Å². The lowest BCUT2D eigenvalue weighted by Crippen LogP contribution is -2.47. The van der Waals surface area contributed by atoms with Gasteiger partial charge in [0.05, 0.1) is 6.61 Å². The first-order valence-electron chi connectivity index (χ1n) is 10.2. The van der Waals surface area contributed by atoms with Gasteiger partial charge in [-0.25, -0.2) is 4.67 Å². The van der Waals surface area contributed by atoms with Gasteiger partial charge < -0.3 is 20.9 Å². The lowest BCUT2D eigenvalue weighted by molar-refractivity contribution is -0.132. The fraction of sp³-hybridized carbons (Fsp3) is 0.889. The Balaban J connectivity index is 0. The molecule has 0 aliphatic carbocycles. The van der Waals surface area contributed by atoms with Crippen LogP contribution in [-0.2, 0) is 13.9 Å². The Morgan fingerprint density at radius 3 is 2.07 bits per heavy atom. The molecule has 9 heteroatoms. The van der Waals surface area contributed by atoms with Crippen molar-refractivity contribution in [3.8, 4) is 0 Å². The highest BCUT2D eigenvalue weighted by molar-refractivity contribution is 7.55. The summed E-state index contributed by atoms with van der Waals surface area (Å²) >= 11 is 0. The lowest BCUT2D eigenvalue weighted by Gasteiger charge is -2.37. The van der Waals surface area contributed by atoms with Crippen molar-refractivity contribution in [3.05, 3.63) is 0 Å². The van der Waals surface area contributed by atoms with Crippen LogP contribution in [0.1, 0.15) is 60.3 Å². The number of hydrogen-bond donors (Lipinski definition) is 2. The molecule has 162 valence electrons. The summed E-state index contributed by atoms with van der Waals surface area (Å²) in [4.78, 5) is 17.9. The van der Waals surface area contributed by atoms with Crippen molar-refractivity contribution in [3.63, 3.8) is 0 Å². The van der Waals surface area contributed by atoms with Crippen LogP contribution in [0.5, 0.6) is 0 Å². The van der Waals surface area contributed by atoms with E-state index in [0.29, 0.717) is 45.8 Å². The van der Waals surface area contributed by atoms with Crippen LogP contribution in [0.4, 0.5) is 0 Å².